The van der Waals surface area contributed by atoms with E-state index in [0.717, 1.165) is 22.8 Å². The number of esters is 1. The maximum atomic E-state index is 11.9. The normalized spacial score (nSPS) is 12.3. The number of nitrogens with one attached hydrogen (secondary N) is 1. The molecule has 0 saturated heterocycles. The second-order valence-corrected chi connectivity index (χ2v) is 5.28. The number of rotatable bonds is 6. The quantitative estimate of drug-likeness (QED) is 0.656. The van der Waals surface area contributed by atoms with Crippen molar-refractivity contribution in [3.05, 3.63) is 60.2 Å². The molecule has 0 aliphatic rings. The van der Waals surface area contributed by atoms with Crippen molar-refractivity contribution in [2.75, 3.05) is 6.61 Å². The van der Waals surface area contributed by atoms with Gasteiger partial charge in [-0.05, 0) is 29.7 Å². The Balaban J connectivity index is 1.98. The SMILES string of the molecule is CC/C=C/C(=O)OCC(=O)N[C@H](C)c1cccc2ccccc12. The number of benzene rings is 2. The highest BCUT2D eigenvalue weighted by molar-refractivity contribution is 5.88. The average molecular weight is 311 g/mol. The fourth-order valence-electron chi connectivity index (χ4n) is 2.39. The largest absolute Gasteiger partial charge is 0.452 e. The van der Waals surface area contributed by atoms with Gasteiger partial charge in [0.2, 0.25) is 0 Å². The number of allylic oxidation sites excluding steroid dienone is 1. The summed E-state index contributed by atoms with van der Waals surface area (Å²) in [4.78, 5) is 23.3. The third-order valence-corrected chi connectivity index (χ3v) is 3.50. The molecule has 0 saturated carbocycles. The van der Waals surface area contributed by atoms with Crippen LogP contribution in [0.1, 0.15) is 31.9 Å². The summed E-state index contributed by atoms with van der Waals surface area (Å²) >= 11 is 0. The molecule has 0 fully saturated rings. The summed E-state index contributed by atoms with van der Waals surface area (Å²) in [5, 5.41) is 5.09. The molecule has 4 heteroatoms. The minimum atomic E-state index is -0.500. The Bertz CT molecular complexity index is 716. The summed E-state index contributed by atoms with van der Waals surface area (Å²) in [5.74, 6) is -0.816. The number of hydrogen-bond acceptors (Lipinski definition) is 3. The topological polar surface area (TPSA) is 55.4 Å². The summed E-state index contributed by atoms with van der Waals surface area (Å²) in [6.07, 6.45) is 3.78. The maximum Gasteiger partial charge on any atom is 0.330 e. The molecule has 2 aromatic rings. The van der Waals surface area contributed by atoms with Crippen molar-refractivity contribution in [1.29, 1.82) is 0 Å². The van der Waals surface area contributed by atoms with E-state index < -0.39 is 5.97 Å². The van der Waals surface area contributed by atoms with Crippen molar-refractivity contribution in [2.24, 2.45) is 0 Å². The number of carbonyl (C=O) groups is 2. The minimum absolute atomic E-state index is 0.168. The van der Waals surface area contributed by atoms with Crippen molar-refractivity contribution in [3.8, 4) is 0 Å². The molecule has 1 N–H and O–H groups in total. The predicted octanol–water partition coefficient (Wildman–Crippen LogP) is 3.53. The summed E-state index contributed by atoms with van der Waals surface area (Å²) in [6, 6.07) is 13.9. The monoisotopic (exact) mass is 311 g/mol. The third kappa shape index (κ3) is 4.68. The summed E-state index contributed by atoms with van der Waals surface area (Å²) in [7, 11) is 0. The molecule has 0 bridgehead atoms. The molecule has 120 valence electrons. The fourth-order valence-corrected chi connectivity index (χ4v) is 2.39. The molecule has 4 nitrogen and oxygen atoms in total. The third-order valence-electron chi connectivity index (χ3n) is 3.50. The van der Waals surface area contributed by atoms with Gasteiger partial charge in [-0.2, -0.15) is 0 Å². The van der Waals surface area contributed by atoms with Gasteiger partial charge in [0.25, 0.3) is 5.91 Å². The minimum Gasteiger partial charge on any atom is -0.452 e. The van der Waals surface area contributed by atoms with Gasteiger partial charge < -0.3 is 10.1 Å². The van der Waals surface area contributed by atoms with Crippen LogP contribution in [0.25, 0.3) is 10.8 Å². The first-order valence-corrected chi connectivity index (χ1v) is 7.72. The molecule has 23 heavy (non-hydrogen) atoms. The Morgan fingerprint density at radius 3 is 2.70 bits per heavy atom. The van der Waals surface area contributed by atoms with Gasteiger partial charge in [0.1, 0.15) is 0 Å². The molecule has 0 heterocycles. The molecular weight excluding hydrogens is 290 g/mol. The maximum absolute atomic E-state index is 11.9. The molecule has 0 unspecified atom stereocenters. The van der Waals surface area contributed by atoms with Gasteiger partial charge in [-0.25, -0.2) is 4.79 Å². The highest BCUT2D eigenvalue weighted by atomic mass is 16.5. The van der Waals surface area contributed by atoms with E-state index in [2.05, 4.69) is 5.32 Å². The van der Waals surface area contributed by atoms with Crippen LogP contribution in [-0.2, 0) is 14.3 Å². The van der Waals surface area contributed by atoms with E-state index in [4.69, 9.17) is 4.74 Å². The van der Waals surface area contributed by atoms with E-state index in [1.165, 1.54) is 6.08 Å². The Kier molecular flexibility index (Phi) is 5.92. The summed E-state index contributed by atoms with van der Waals surface area (Å²) < 4.78 is 4.89. The van der Waals surface area contributed by atoms with Crippen molar-refractivity contribution in [1.82, 2.24) is 5.32 Å². The van der Waals surface area contributed by atoms with Gasteiger partial charge in [0.05, 0.1) is 6.04 Å². The lowest BCUT2D eigenvalue weighted by Crippen LogP contribution is -2.31. The molecule has 0 aliphatic heterocycles. The number of ether oxygens (including phenoxy) is 1. The Labute approximate surface area is 136 Å². The summed E-state index contributed by atoms with van der Waals surface area (Å²) in [5.41, 5.74) is 1.04. The zero-order chi connectivity index (χ0) is 16.7. The first kappa shape index (κ1) is 16.7. The Morgan fingerprint density at radius 1 is 1.17 bits per heavy atom. The van der Waals surface area contributed by atoms with Gasteiger partial charge in [-0.15, -0.1) is 0 Å². The number of amides is 1. The van der Waals surface area contributed by atoms with Gasteiger partial charge in [0.15, 0.2) is 6.61 Å². The second-order valence-electron chi connectivity index (χ2n) is 5.28. The number of carbonyl (C=O) groups excluding carboxylic acids is 2. The van der Waals surface area contributed by atoms with Gasteiger partial charge >= 0.3 is 5.97 Å². The van der Waals surface area contributed by atoms with Crippen LogP contribution in [0.5, 0.6) is 0 Å². The predicted molar refractivity (Wildman–Crippen MR) is 90.9 cm³/mol. The molecule has 0 aliphatic carbocycles. The van der Waals surface area contributed by atoms with Crippen molar-refractivity contribution in [2.45, 2.75) is 26.3 Å². The average Bonchev–Trinajstić information content (AvgIpc) is 2.57. The van der Waals surface area contributed by atoms with Crippen LogP contribution in [0.2, 0.25) is 0 Å². The van der Waals surface area contributed by atoms with Crippen LogP contribution < -0.4 is 5.32 Å². The van der Waals surface area contributed by atoms with Crippen LogP contribution in [0.3, 0.4) is 0 Å². The lowest BCUT2D eigenvalue weighted by Gasteiger charge is -2.16. The zero-order valence-corrected chi connectivity index (χ0v) is 13.4. The zero-order valence-electron chi connectivity index (χ0n) is 13.4. The van der Waals surface area contributed by atoms with Gasteiger partial charge in [-0.1, -0.05) is 55.5 Å². The van der Waals surface area contributed by atoms with Gasteiger partial charge in [0, 0.05) is 6.08 Å². The van der Waals surface area contributed by atoms with E-state index in [1.807, 2.05) is 56.3 Å². The lowest BCUT2D eigenvalue weighted by atomic mass is 10.00. The number of fused-ring (bicyclic) bond motifs is 1. The van der Waals surface area contributed by atoms with Crippen LogP contribution in [0.15, 0.2) is 54.6 Å². The van der Waals surface area contributed by atoms with Gasteiger partial charge in [-0.3, -0.25) is 4.79 Å². The van der Waals surface area contributed by atoms with E-state index >= 15 is 0 Å². The van der Waals surface area contributed by atoms with E-state index in [-0.39, 0.29) is 18.6 Å². The van der Waals surface area contributed by atoms with Crippen LogP contribution in [0.4, 0.5) is 0 Å². The molecule has 2 aromatic carbocycles. The molecule has 1 amide bonds. The molecule has 0 radical (unpaired) electrons. The smallest absolute Gasteiger partial charge is 0.330 e. The standard InChI is InChI=1S/C19H21NO3/c1-3-4-12-19(22)23-13-18(21)20-14(2)16-11-7-9-15-8-5-6-10-17(15)16/h4-12,14H,3,13H2,1-2H3,(H,20,21)/b12-4+/t14-/m1/s1. The molecular formula is C19H21NO3. The van der Waals surface area contributed by atoms with Crippen molar-refractivity contribution in [3.63, 3.8) is 0 Å². The highest BCUT2D eigenvalue weighted by Gasteiger charge is 2.13. The molecule has 0 aromatic heterocycles. The Morgan fingerprint density at radius 2 is 1.91 bits per heavy atom. The van der Waals surface area contributed by atoms with E-state index in [1.54, 1.807) is 6.08 Å². The lowest BCUT2D eigenvalue weighted by molar-refractivity contribution is -0.144. The van der Waals surface area contributed by atoms with E-state index in [0.29, 0.717) is 0 Å². The van der Waals surface area contributed by atoms with E-state index in [9.17, 15) is 9.59 Å². The first-order valence-electron chi connectivity index (χ1n) is 7.72. The van der Waals surface area contributed by atoms with Crippen molar-refractivity contribution < 1.29 is 14.3 Å². The second kappa shape index (κ2) is 8.13. The highest BCUT2D eigenvalue weighted by Crippen LogP contribution is 2.23. The first-order chi connectivity index (χ1) is 11.1. The molecule has 1 atom stereocenters. The Hall–Kier alpha value is -2.62. The van der Waals surface area contributed by atoms with Crippen LogP contribution in [0, 0.1) is 0 Å². The van der Waals surface area contributed by atoms with Crippen LogP contribution >= 0.6 is 0 Å². The summed E-state index contributed by atoms with van der Waals surface area (Å²) in [6.45, 7) is 3.56. The van der Waals surface area contributed by atoms with Crippen LogP contribution in [-0.4, -0.2) is 18.5 Å². The number of hydrogen-bond donors (Lipinski definition) is 1. The fraction of sp³-hybridized carbons (Fsp3) is 0.263. The molecule has 2 rings (SSSR count). The molecule has 0 spiro atoms. The van der Waals surface area contributed by atoms with Crippen molar-refractivity contribution >= 4 is 22.6 Å².